The lowest BCUT2D eigenvalue weighted by molar-refractivity contribution is 0.254. The van der Waals surface area contributed by atoms with Gasteiger partial charge in [0.1, 0.15) is 0 Å². The number of urea groups is 1. The molecule has 1 heterocycles. The fourth-order valence-electron chi connectivity index (χ4n) is 0.523. The lowest BCUT2D eigenvalue weighted by Crippen LogP contribution is -2.24. The van der Waals surface area contributed by atoms with Crippen molar-refractivity contribution in [3.63, 3.8) is 0 Å². The first-order chi connectivity index (χ1) is 6.02. The Morgan fingerprint density at radius 1 is 1.69 bits per heavy atom. The molecule has 13 heavy (non-hydrogen) atoms. The monoisotopic (exact) mass is 222 g/mol. The zero-order chi connectivity index (χ0) is 9.90. The summed E-state index contributed by atoms with van der Waals surface area (Å²) in [6, 6.07) is 0.346. The van der Waals surface area contributed by atoms with Crippen molar-refractivity contribution >= 4 is 25.9 Å². The molecule has 0 aliphatic rings. The van der Waals surface area contributed by atoms with Crippen LogP contribution in [0.3, 0.4) is 0 Å². The Bertz CT molecular complexity index is 384. The molecule has 7 nitrogen and oxygen atoms in total. The molecule has 0 aliphatic heterocycles. The summed E-state index contributed by atoms with van der Waals surface area (Å²) in [5, 5.41) is 5.61. The number of carbonyl (C=O) groups is 1. The van der Waals surface area contributed by atoms with Crippen LogP contribution in [0.1, 0.15) is 0 Å². The van der Waals surface area contributed by atoms with E-state index in [4.69, 9.17) is 5.73 Å². The molecule has 0 atom stereocenters. The third kappa shape index (κ3) is 2.63. The van der Waals surface area contributed by atoms with Crippen molar-refractivity contribution in [2.75, 3.05) is 0 Å². The van der Waals surface area contributed by atoms with E-state index >= 15 is 0 Å². The molecular formula is C4H6N4O3S2. The molecule has 2 amide bonds. The van der Waals surface area contributed by atoms with E-state index in [-0.39, 0.29) is 16.0 Å². The number of nitrogens with two attached hydrogens (primary N) is 1. The number of rotatable bonds is 3. The van der Waals surface area contributed by atoms with Crippen molar-refractivity contribution in [3.8, 4) is 0 Å². The Balaban J connectivity index is 2.74. The number of hydrogen-bond donors (Lipinski definition) is 3. The highest BCUT2D eigenvalue weighted by Gasteiger charge is 2.17. The fraction of sp³-hybridized carbons (Fsp3) is 0. The van der Waals surface area contributed by atoms with Crippen molar-refractivity contribution in [2.45, 2.75) is 5.03 Å². The molecule has 1 rings (SSSR count). The molecule has 4 N–H and O–H groups in total. The van der Waals surface area contributed by atoms with E-state index in [1.54, 1.807) is 0 Å². The number of aromatic nitrogens is 2. The Morgan fingerprint density at radius 3 is 2.85 bits per heavy atom. The van der Waals surface area contributed by atoms with Crippen LogP contribution in [-0.2, 0) is 8.87 Å². The quantitative estimate of drug-likeness (QED) is 0.467. The summed E-state index contributed by atoms with van der Waals surface area (Å²) in [6.45, 7) is 0. The molecule has 0 bridgehead atoms. The molecule has 72 valence electrons. The normalized spacial score (nSPS) is 11.1. The van der Waals surface area contributed by atoms with Gasteiger partial charge in [-0.2, -0.15) is 5.10 Å². The van der Waals surface area contributed by atoms with E-state index in [9.17, 15) is 13.2 Å². The number of aromatic amines is 1. The van der Waals surface area contributed by atoms with Crippen LogP contribution >= 0.6 is 11.0 Å². The number of primary amides is 1. The SMILES string of the molecule is NC(=O)NSS(=O)(=O)c1ccn[nH]1. The maximum atomic E-state index is 11.2. The Kier molecular flexibility index (Phi) is 2.78. The van der Waals surface area contributed by atoms with E-state index in [2.05, 4.69) is 10.2 Å². The molecule has 1 aromatic rings. The minimum absolute atomic E-state index is 0.0914. The minimum Gasteiger partial charge on any atom is -0.351 e. The molecule has 9 heteroatoms. The molecular weight excluding hydrogens is 216 g/mol. The van der Waals surface area contributed by atoms with Gasteiger partial charge in [0.15, 0.2) is 5.03 Å². The maximum Gasteiger partial charge on any atom is 0.322 e. The number of H-pyrrole nitrogens is 1. The van der Waals surface area contributed by atoms with Crippen molar-refractivity contribution in [2.24, 2.45) is 5.73 Å². The predicted molar refractivity (Wildman–Crippen MR) is 46.1 cm³/mol. The highest BCUT2D eigenvalue weighted by molar-refractivity contribution is 8.71. The summed E-state index contributed by atoms with van der Waals surface area (Å²) in [5.74, 6) is 0. The van der Waals surface area contributed by atoms with Crippen LogP contribution in [-0.4, -0.2) is 24.6 Å². The molecule has 0 spiro atoms. The highest BCUT2D eigenvalue weighted by atomic mass is 33.1. The molecule has 0 aliphatic carbocycles. The van der Waals surface area contributed by atoms with Crippen LogP contribution in [0.2, 0.25) is 0 Å². The van der Waals surface area contributed by atoms with Gasteiger partial charge in [0.25, 0.3) is 8.87 Å². The van der Waals surface area contributed by atoms with Crippen LogP contribution in [0, 0.1) is 0 Å². The van der Waals surface area contributed by atoms with Crippen molar-refractivity contribution in [3.05, 3.63) is 12.3 Å². The Labute approximate surface area is 77.5 Å². The van der Waals surface area contributed by atoms with E-state index in [1.807, 2.05) is 4.72 Å². The average Bonchev–Trinajstić information content (AvgIpc) is 2.53. The second kappa shape index (κ2) is 3.66. The smallest absolute Gasteiger partial charge is 0.322 e. The van der Waals surface area contributed by atoms with Gasteiger partial charge in [-0.3, -0.25) is 9.82 Å². The van der Waals surface area contributed by atoms with Crippen molar-refractivity contribution in [1.82, 2.24) is 14.9 Å². The minimum atomic E-state index is -3.63. The number of amides is 2. The van der Waals surface area contributed by atoms with Gasteiger partial charge in [0, 0.05) is 0 Å². The highest BCUT2D eigenvalue weighted by Crippen LogP contribution is 2.16. The fourth-order valence-corrected chi connectivity index (χ4v) is 2.32. The standard InChI is InChI=1S/C4H6N4O3S2/c5-4(9)8-12-13(10,11)3-1-2-6-7-3/h1-2H,(H,6,7)(H3,5,8,9). The first-order valence-electron chi connectivity index (χ1n) is 3.00. The summed E-state index contributed by atoms with van der Waals surface area (Å²) >= 11 is 0. The average molecular weight is 222 g/mol. The van der Waals surface area contributed by atoms with Gasteiger partial charge in [-0.1, -0.05) is 0 Å². The lowest BCUT2D eigenvalue weighted by Gasteiger charge is -1.98. The van der Waals surface area contributed by atoms with E-state index in [1.165, 1.54) is 12.3 Å². The van der Waals surface area contributed by atoms with Crippen LogP contribution in [0.25, 0.3) is 0 Å². The van der Waals surface area contributed by atoms with Gasteiger partial charge in [-0.15, -0.1) is 0 Å². The number of hydrogen-bond acceptors (Lipinski definition) is 5. The van der Waals surface area contributed by atoms with E-state index in [0.29, 0.717) is 0 Å². The van der Waals surface area contributed by atoms with Gasteiger partial charge in [-0.25, -0.2) is 13.2 Å². The molecule has 0 unspecified atom stereocenters. The predicted octanol–water partition coefficient (Wildman–Crippen LogP) is -0.585. The van der Waals surface area contributed by atoms with E-state index in [0.717, 1.165) is 0 Å². The van der Waals surface area contributed by atoms with Crippen molar-refractivity contribution in [1.29, 1.82) is 0 Å². The summed E-state index contributed by atoms with van der Waals surface area (Å²) < 4.78 is 24.3. The van der Waals surface area contributed by atoms with Crippen LogP contribution in [0.15, 0.2) is 17.3 Å². The first kappa shape index (κ1) is 9.86. The Morgan fingerprint density at radius 2 is 2.38 bits per heavy atom. The summed E-state index contributed by atoms with van der Waals surface area (Å²) in [6.07, 6.45) is 1.29. The topological polar surface area (TPSA) is 118 Å². The molecule has 0 saturated heterocycles. The van der Waals surface area contributed by atoms with Gasteiger partial charge < -0.3 is 5.73 Å². The zero-order valence-electron chi connectivity index (χ0n) is 6.22. The number of nitrogens with zero attached hydrogens (tertiary/aromatic N) is 1. The third-order valence-corrected chi connectivity index (χ3v) is 3.71. The van der Waals surface area contributed by atoms with Gasteiger partial charge >= 0.3 is 6.03 Å². The summed E-state index contributed by atoms with van der Waals surface area (Å²) in [5.41, 5.74) is 4.69. The third-order valence-electron chi connectivity index (χ3n) is 0.996. The first-order valence-corrected chi connectivity index (χ1v) is 5.82. The lowest BCUT2D eigenvalue weighted by atomic mass is 10.8. The zero-order valence-corrected chi connectivity index (χ0v) is 7.85. The summed E-state index contributed by atoms with van der Waals surface area (Å²) in [4.78, 5) is 10.2. The van der Waals surface area contributed by atoms with Crippen LogP contribution in [0.4, 0.5) is 4.79 Å². The molecule has 1 aromatic heterocycles. The van der Waals surface area contributed by atoms with E-state index < -0.39 is 14.9 Å². The van der Waals surface area contributed by atoms with Crippen molar-refractivity contribution < 1.29 is 13.2 Å². The largest absolute Gasteiger partial charge is 0.351 e. The number of nitrogens with one attached hydrogen (secondary N) is 2. The molecule has 0 radical (unpaired) electrons. The van der Waals surface area contributed by atoms with Crippen LogP contribution in [0.5, 0.6) is 0 Å². The number of carbonyl (C=O) groups excluding carboxylic acids is 1. The molecule has 0 fully saturated rings. The maximum absolute atomic E-state index is 11.2. The van der Waals surface area contributed by atoms with Gasteiger partial charge in [-0.05, 0) is 6.07 Å². The van der Waals surface area contributed by atoms with Crippen LogP contribution < -0.4 is 10.5 Å². The second-order valence-corrected chi connectivity index (χ2v) is 5.46. The van der Waals surface area contributed by atoms with Gasteiger partial charge in [0.05, 0.1) is 17.2 Å². The molecule has 0 saturated carbocycles. The molecule has 0 aromatic carbocycles. The Hall–Kier alpha value is -1.22. The summed E-state index contributed by atoms with van der Waals surface area (Å²) in [7, 11) is -3.40. The van der Waals surface area contributed by atoms with Gasteiger partial charge in [0.2, 0.25) is 0 Å². The second-order valence-electron chi connectivity index (χ2n) is 1.92.